The number of furan rings is 1. The Morgan fingerprint density at radius 2 is 2.43 bits per heavy atom. The lowest BCUT2D eigenvalue weighted by Gasteiger charge is -2.00. The van der Waals surface area contributed by atoms with Gasteiger partial charge in [0.1, 0.15) is 0 Å². The quantitative estimate of drug-likeness (QED) is 0.826. The van der Waals surface area contributed by atoms with Crippen molar-refractivity contribution >= 4 is 11.6 Å². The minimum Gasteiger partial charge on any atom is -0.461 e. The van der Waals surface area contributed by atoms with Crippen molar-refractivity contribution in [1.82, 2.24) is 9.55 Å². The summed E-state index contributed by atoms with van der Waals surface area (Å²) in [5.41, 5.74) is 0.582. The topological polar surface area (TPSA) is 51.2 Å². The molecule has 5 heteroatoms. The molecule has 0 radical (unpaired) electrons. The van der Waals surface area contributed by atoms with E-state index in [1.807, 2.05) is 0 Å². The molecule has 74 valence electrons. The van der Waals surface area contributed by atoms with Crippen LogP contribution < -0.4 is 0 Å². The lowest BCUT2D eigenvalue weighted by molar-refractivity contribution is 0.273. The van der Waals surface area contributed by atoms with Gasteiger partial charge in [0, 0.05) is 7.05 Å². The van der Waals surface area contributed by atoms with Gasteiger partial charge in [0.05, 0.1) is 18.6 Å². The molecule has 0 aliphatic heterocycles. The Labute approximate surface area is 85.7 Å². The number of hydrogen-bond acceptors (Lipinski definition) is 3. The Bertz CT molecular complexity index is 434. The first-order valence-electron chi connectivity index (χ1n) is 4.10. The van der Waals surface area contributed by atoms with Crippen molar-refractivity contribution in [2.45, 2.75) is 6.61 Å². The summed E-state index contributed by atoms with van der Waals surface area (Å²) < 4.78 is 6.90. The fourth-order valence-electron chi connectivity index (χ4n) is 1.30. The van der Waals surface area contributed by atoms with Crippen LogP contribution in [0.4, 0.5) is 0 Å². The molecule has 0 atom stereocenters. The molecule has 0 saturated heterocycles. The van der Waals surface area contributed by atoms with E-state index in [1.165, 1.54) is 0 Å². The van der Waals surface area contributed by atoms with Gasteiger partial charge in [0.15, 0.2) is 16.7 Å². The summed E-state index contributed by atoms with van der Waals surface area (Å²) in [7, 11) is 1.78. The largest absolute Gasteiger partial charge is 0.461 e. The summed E-state index contributed by atoms with van der Waals surface area (Å²) in [6.07, 6.45) is 1.57. The van der Waals surface area contributed by atoms with Crippen molar-refractivity contribution in [1.29, 1.82) is 0 Å². The van der Waals surface area contributed by atoms with Crippen LogP contribution in [-0.4, -0.2) is 14.7 Å². The van der Waals surface area contributed by atoms with Gasteiger partial charge in [-0.25, -0.2) is 4.98 Å². The van der Waals surface area contributed by atoms with E-state index >= 15 is 0 Å². The molecule has 2 heterocycles. The Balaban J connectivity index is 2.55. The fourth-order valence-corrected chi connectivity index (χ4v) is 1.56. The number of aliphatic hydroxyl groups excluding tert-OH is 1. The second-order valence-electron chi connectivity index (χ2n) is 2.87. The molecule has 2 aromatic heterocycles. The number of imidazole rings is 1. The molecule has 0 bridgehead atoms. The van der Waals surface area contributed by atoms with E-state index in [9.17, 15) is 0 Å². The molecule has 0 unspecified atom stereocenters. The Hall–Kier alpha value is -1.26. The SMILES string of the molecule is Cn1c(-c2ccco2)nc(Cl)c1CO. The van der Waals surface area contributed by atoms with Gasteiger partial charge in [-0.15, -0.1) is 0 Å². The molecule has 0 aliphatic carbocycles. The molecular weight excluding hydrogens is 204 g/mol. The minimum absolute atomic E-state index is 0.136. The summed E-state index contributed by atoms with van der Waals surface area (Å²) in [4.78, 5) is 4.10. The molecule has 0 spiro atoms. The molecule has 14 heavy (non-hydrogen) atoms. The van der Waals surface area contributed by atoms with Gasteiger partial charge in [0.25, 0.3) is 0 Å². The van der Waals surface area contributed by atoms with Crippen LogP contribution in [0.25, 0.3) is 11.6 Å². The van der Waals surface area contributed by atoms with Gasteiger partial charge < -0.3 is 14.1 Å². The van der Waals surface area contributed by atoms with Crippen molar-refractivity contribution < 1.29 is 9.52 Å². The van der Waals surface area contributed by atoms with Gasteiger partial charge >= 0.3 is 0 Å². The van der Waals surface area contributed by atoms with Gasteiger partial charge in [-0.3, -0.25) is 0 Å². The van der Waals surface area contributed by atoms with Crippen molar-refractivity contribution in [2.24, 2.45) is 7.05 Å². The Morgan fingerprint density at radius 3 is 2.93 bits per heavy atom. The number of rotatable bonds is 2. The highest BCUT2D eigenvalue weighted by molar-refractivity contribution is 6.30. The highest BCUT2D eigenvalue weighted by Crippen LogP contribution is 2.24. The Morgan fingerprint density at radius 1 is 1.64 bits per heavy atom. The van der Waals surface area contributed by atoms with Crippen LogP contribution in [0.3, 0.4) is 0 Å². The van der Waals surface area contributed by atoms with Crippen LogP contribution in [0, 0.1) is 0 Å². The lowest BCUT2D eigenvalue weighted by atomic mass is 10.4. The smallest absolute Gasteiger partial charge is 0.177 e. The average Bonchev–Trinajstić information content (AvgIpc) is 2.74. The van der Waals surface area contributed by atoms with E-state index in [2.05, 4.69) is 4.98 Å². The maximum absolute atomic E-state index is 9.03. The van der Waals surface area contributed by atoms with Gasteiger partial charge in [-0.1, -0.05) is 11.6 Å². The predicted molar refractivity (Wildman–Crippen MR) is 51.8 cm³/mol. The third-order valence-corrected chi connectivity index (χ3v) is 2.36. The molecule has 0 fully saturated rings. The minimum atomic E-state index is -0.136. The first-order valence-corrected chi connectivity index (χ1v) is 4.47. The zero-order chi connectivity index (χ0) is 10.1. The van der Waals surface area contributed by atoms with E-state index in [4.69, 9.17) is 21.1 Å². The molecule has 2 aromatic rings. The van der Waals surface area contributed by atoms with E-state index in [-0.39, 0.29) is 6.61 Å². The lowest BCUT2D eigenvalue weighted by Crippen LogP contribution is -1.97. The summed E-state index contributed by atoms with van der Waals surface area (Å²) in [5.74, 6) is 1.25. The average molecular weight is 213 g/mol. The van der Waals surface area contributed by atoms with Gasteiger partial charge in [-0.2, -0.15) is 0 Å². The molecule has 1 N–H and O–H groups in total. The second-order valence-corrected chi connectivity index (χ2v) is 3.23. The molecule has 0 aromatic carbocycles. The monoisotopic (exact) mass is 212 g/mol. The molecular formula is C9H9ClN2O2. The first-order chi connectivity index (χ1) is 6.74. The summed E-state index contributed by atoms with van der Waals surface area (Å²) in [6.45, 7) is -0.136. The van der Waals surface area contributed by atoms with Crippen molar-refractivity contribution in [3.8, 4) is 11.6 Å². The van der Waals surface area contributed by atoms with E-state index in [1.54, 1.807) is 30.0 Å². The summed E-state index contributed by atoms with van der Waals surface area (Å²) in [5, 5.41) is 9.34. The van der Waals surface area contributed by atoms with Crippen LogP contribution in [0.1, 0.15) is 5.69 Å². The fraction of sp³-hybridized carbons (Fsp3) is 0.222. The first kappa shape index (κ1) is 9.30. The standard InChI is InChI=1S/C9H9ClN2O2/c1-12-6(5-13)8(10)11-9(12)7-3-2-4-14-7/h2-4,13H,5H2,1H3. The number of hydrogen-bond donors (Lipinski definition) is 1. The van der Waals surface area contributed by atoms with E-state index < -0.39 is 0 Å². The molecule has 0 aliphatic rings. The number of aromatic nitrogens is 2. The van der Waals surface area contributed by atoms with E-state index in [0.29, 0.717) is 22.4 Å². The van der Waals surface area contributed by atoms with Crippen LogP contribution in [0.2, 0.25) is 5.15 Å². The number of aliphatic hydroxyl groups is 1. The van der Waals surface area contributed by atoms with Crippen molar-refractivity contribution in [2.75, 3.05) is 0 Å². The number of nitrogens with zero attached hydrogens (tertiary/aromatic N) is 2. The van der Waals surface area contributed by atoms with Crippen LogP contribution >= 0.6 is 11.6 Å². The van der Waals surface area contributed by atoms with Crippen molar-refractivity contribution in [3.63, 3.8) is 0 Å². The molecule has 4 nitrogen and oxygen atoms in total. The van der Waals surface area contributed by atoms with Crippen LogP contribution in [0.5, 0.6) is 0 Å². The molecule has 0 saturated carbocycles. The van der Waals surface area contributed by atoms with Crippen LogP contribution in [-0.2, 0) is 13.7 Å². The zero-order valence-corrected chi connectivity index (χ0v) is 8.32. The third kappa shape index (κ3) is 1.32. The number of halogens is 1. The van der Waals surface area contributed by atoms with Gasteiger partial charge in [0.2, 0.25) is 0 Å². The maximum Gasteiger partial charge on any atom is 0.177 e. The molecule has 0 amide bonds. The highest BCUT2D eigenvalue weighted by atomic mass is 35.5. The van der Waals surface area contributed by atoms with Crippen molar-refractivity contribution in [3.05, 3.63) is 29.2 Å². The van der Waals surface area contributed by atoms with Crippen LogP contribution in [0.15, 0.2) is 22.8 Å². The Kier molecular flexibility index (Phi) is 2.31. The maximum atomic E-state index is 9.03. The normalized spacial score (nSPS) is 10.8. The highest BCUT2D eigenvalue weighted by Gasteiger charge is 2.14. The predicted octanol–water partition coefficient (Wildman–Crippen LogP) is 1.83. The van der Waals surface area contributed by atoms with E-state index in [0.717, 1.165) is 0 Å². The van der Waals surface area contributed by atoms with Gasteiger partial charge in [-0.05, 0) is 12.1 Å². The summed E-state index contributed by atoms with van der Waals surface area (Å²) >= 11 is 5.83. The molecule has 2 rings (SSSR count). The zero-order valence-electron chi connectivity index (χ0n) is 7.57. The second kappa shape index (κ2) is 3.48. The third-order valence-electron chi connectivity index (χ3n) is 2.06. The summed E-state index contributed by atoms with van der Waals surface area (Å²) in [6, 6.07) is 3.57.